The Labute approximate surface area is 179 Å². The topological polar surface area (TPSA) is 84.0 Å². The third kappa shape index (κ3) is 12.3. The van der Waals surface area contributed by atoms with Crippen LogP contribution in [0.2, 0.25) is 0 Å². The van der Waals surface area contributed by atoms with Gasteiger partial charge in [0.15, 0.2) is 5.96 Å². The molecule has 0 aliphatic carbocycles. The van der Waals surface area contributed by atoms with Gasteiger partial charge in [0.1, 0.15) is 17.5 Å². The number of rotatable bonds is 7. The lowest BCUT2D eigenvalue weighted by molar-refractivity contribution is 0.0529. The van der Waals surface area contributed by atoms with Gasteiger partial charge in [-0.25, -0.2) is 4.79 Å². The maximum atomic E-state index is 11.6. The summed E-state index contributed by atoms with van der Waals surface area (Å²) in [6.45, 7) is 11.1. The number of nitrogens with one attached hydrogen (secondary N) is 3. The van der Waals surface area contributed by atoms with Gasteiger partial charge in [-0.2, -0.15) is 0 Å². The Bertz CT molecular complexity index is 603. The number of nitrogens with zero attached hydrogens (tertiary/aromatic N) is 1. The lowest BCUT2D eigenvalue weighted by Gasteiger charge is -2.20. The van der Waals surface area contributed by atoms with E-state index in [9.17, 15) is 4.79 Å². The van der Waals surface area contributed by atoms with E-state index < -0.39 is 11.7 Å². The number of halogens is 1. The van der Waals surface area contributed by atoms with Crippen LogP contribution in [0, 0.1) is 6.92 Å². The van der Waals surface area contributed by atoms with Gasteiger partial charge in [-0.1, -0.05) is 12.1 Å². The van der Waals surface area contributed by atoms with Crippen molar-refractivity contribution in [1.82, 2.24) is 16.0 Å². The Morgan fingerprint density at radius 3 is 2.44 bits per heavy atom. The van der Waals surface area contributed by atoms with Crippen LogP contribution < -0.4 is 20.7 Å². The summed E-state index contributed by atoms with van der Waals surface area (Å²) in [5.74, 6) is 1.50. The molecule has 1 unspecified atom stereocenters. The largest absolute Gasteiger partial charge is 0.489 e. The zero-order valence-corrected chi connectivity index (χ0v) is 19.4. The fraction of sp³-hybridized carbons (Fsp3) is 0.579. The van der Waals surface area contributed by atoms with Crippen LogP contribution in [-0.4, -0.2) is 50.4 Å². The van der Waals surface area contributed by atoms with E-state index in [1.54, 1.807) is 7.05 Å². The lowest BCUT2D eigenvalue weighted by Crippen LogP contribution is -2.44. The summed E-state index contributed by atoms with van der Waals surface area (Å²) in [4.78, 5) is 15.7. The second-order valence-electron chi connectivity index (χ2n) is 7.05. The first-order valence-corrected chi connectivity index (χ1v) is 8.84. The molecule has 1 rings (SSSR count). The van der Waals surface area contributed by atoms with Gasteiger partial charge in [-0.3, -0.25) is 4.99 Å². The molecule has 0 fully saturated rings. The fourth-order valence-corrected chi connectivity index (χ4v) is 2.08. The number of ether oxygens (including phenoxy) is 2. The molecule has 1 amide bonds. The predicted molar refractivity (Wildman–Crippen MR) is 120 cm³/mol. The number of hydrogen-bond donors (Lipinski definition) is 3. The van der Waals surface area contributed by atoms with E-state index in [4.69, 9.17) is 9.47 Å². The molecule has 27 heavy (non-hydrogen) atoms. The second kappa shape index (κ2) is 12.6. The third-order valence-corrected chi connectivity index (χ3v) is 3.19. The Balaban J connectivity index is 0.00000676. The molecule has 1 atom stereocenters. The molecule has 7 nitrogen and oxygen atoms in total. The van der Waals surface area contributed by atoms with Crippen LogP contribution >= 0.6 is 24.0 Å². The fourth-order valence-electron chi connectivity index (χ4n) is 2.08. The van der Waals surface area contributed by atoms with E-state index in [1.807, 2.05) is 58.9 Å². The lowest BCUT2D eigenvalue weighted by atomic mass is 10.2. The smallest absolute Gasteiger partial charge is 0.407 e. The van der Waals surface area contributed by atoms with Crippen molar-refractivity contribution >= 4 is 36.0 Å². The van der Waals surface area contributed by atoms with Crippen LogP contribution in [0.4, 0.5) is 4.79 Å². The van der Waals surface area contributed by atoms with Crippen LogP contribution in [0.5, 0.6) is 5.75 Å². The SMILES string of the molecule is CN=C(NCCNC(=O)OC(C)(C)C)NCC(C)Oc1cccc(C)c1.I. The first-order chi connectivity index (χ1) is 12.2. The summed E-state index contributed by atoms with van der Waals surface area (Å²) in [5, 5.41) is 9.02. The number of carbonyl (C=O) groups is 1. The first-order valence-electron chi connectivity index (χ1n) is 8.84. The van der Waals surface area contributed by atoms with Gasteiger partial charge in [0.25, 0.3) is 0 Å². The van der Waals surface area contributed by atoms with Gasteiger partial charge in [0.2, 0.25) is 0 Å². The molecule has 1 aromatic rings. The van der Waals surface area contributed by atoms with E-state index in [1.165, 1.54) is 0 Å². The summed E-state index contributed by atoms with van der Waals surface area (Å²) in [6.07, 6.45) is -0.447. The minimum absolute atomic E-state index is 0. The Morgan fingerprint density at radius 2 is 1.85 bits per heavy atom. The monoisotopic (exact) mass is 492 g/mol. The molecule has 0 saturated heterocycles. The molecular formula is C19H33IN4O3. The highest BCUT2D eigenvalue weighted by molar-refractivity contribution is 14.0. The highest BCUT2D eigenvalue weighted by atomic mass is 127. The molecule has 0 heterocycles. The number of benzene rings is 1. The summed E-state index contributed by atoms with van der Waals surface area (Å²) < 4.78 is 11.0. The second-order valence-corrected chi connectivity index (χ2v) is 7.05. The standard InChI is InChI=1S/C19H32N4O3.HI/c1-14-8-7-9-16(12-14)25-15(2)13-23-17(20-6)21-10-11-22-18(24)26-19(3,4)5;/h7-9,12,15H,10-11,13H2,1-6H3,(H,22,24)(H2,20,21,23);1H. The minimum atomic E-state index is -0.497. The molecule has 0 spiro atoms. The van der Waals surface area contributed by atoms with Crippen molar-refractivity contribution in [3.63, 3.8) is 0 Å². The van der Waals surface area contributed by atoms with Crippen molar-refractivity contribution in [2.24, 2.45) is 4.99 Å². The van der Waals surface area contributed by atoms with E-state index in [-0.39, 0.29) is 30.1 Å². The quantitative estimate of drug-likeness (QED) is 0.236. The minimum Gasteiger partial charge on any atom is -0.489 e. The number of carbonyl (C=O) groups excluding carboxylic acids is 1. The van der Waals surface area contributed by atoms with E-state index in [0.717, 1.165) is 11.3 Å². The molecule has 154 valence electrons. The molecule has 0 bridgehead atoms. The van der Waals surface area contributed by atoms with Crippen LogP contribution in [0.3, 0.4) is 0 Å². The summed E-state index contributed by atoms with van der Waals surface area (Å²) in [6, 6.07) is 7.96. The Kier molecular flexibility index (Phi) is 11.8. The molecule has 0 aliphatic rings. The number of aliphatic imine (C=N–C) groups is 1. The summed E-state index contributed by atoms with van der Waals surface area (Å²) in [7, 11) is 1.70. The first kappa shape index (κ1) is 25.3. The van der Waals surface area contributed by atoms with E-state index >= 15 is 0 Å². The highest BCUT2D eigenvalue weighted by Crippen LogP contribution is 2.13. The molecular weight excluding hydrogens is 459 g/mol. The average molecular weight is 492 g/mol. The van der Waals surface area contributed by atoms with Crippen molar-refractivity contribution < 1.29 is 14.3 Å². The van der Waals surface area contributed by atoms with Crippen LogP contribution in [-0.2, 0) is 4.74 Å². The van der Waals surface area contributed by atoms with E-state index in [0.29, 0.717) is 25.6 Å². The molecule has 0 radical (unpaired) electrons. The zero-order chi connectivity index (χ0) is 19.6. The third-order valence-electron chi connectivity index (χ3n) is 3.19. The van der Waals surface area contributed by atoms with Crippen LogP contribution in [0.25, 0.3) is 0 Å². The maximum absolute atomic E-state index is 11.6. The number of amides is 1. The van der Waals surface area contributed by atoms with Gasteiger partial charge >= 0.3 is 6.09 Å². The molecule has 0 saturated carbocycles. The van der Waals surface area contributed by atoms with Gasteiger partial charge in [0, 0.05) is 20.1 Å². The molecule has 8 heteroatoms. The number of alkyl carbamates (subject to hydrolysis) is 1. The van der Waals surface area contributed by atoms with E-state index in [2.05, 4.69) is 20.9 Å². The van der Waals surface area contributed by atoms with Crippen molar-refractivity contribution in [3.05, 3.63) is 29.8 Å². The average Bonchev–Trinajstić information content (AvgIpc) is 2.52. The van der Waals surface area contributed by atoms with Crippen molar-refractivity contribution in [1.29, 1.82) is 0 Å². The highest BCUT2D eigenvalue weighted by Gasteiger charge is 2.15. The summed E-state index contributed by atoms with van der Waals surface area (Å²) >= 11 is 0. The number of hydrogen-bond acceptors (Lipinski definition) is 4. The van der Waals surface area contributed by atoms with Gasteiger partial charge < -0.3 is 25.4 Å². The van der Waals surface area contributed by atoms with Crippen molar-refractivity contribution in [3.8, 4) is 5.75 Å². The zero-order valence-electron chi connectivity index (χ0n) is 17.1. The van der Waals surface area contributed by atoms with Crippen LogP contribution in [0.15, 0.2) is 29.3 Å². The number of aryl methyl sites for hydroxylation is 1. The molecule has 0 aliphatic heterocycles. The van der Waals surface area contributed by atoms with Gasteiger partial charge in [0.05, 0.1) is 6.54 Å². The van der Waals surface area contributed by atoms with Gasteiger partial charge in [-0.05, 0) is 52.3 Å². The molecule has 0 aromatic heterocycles. The van der Waals surface area contributed by atoms with Crippen LogP contribution in [0.1, 0.15) is 33.3 Å². The number of guanidine groups is 1. The van der Waals surface area contributed by atoms with Crippen molar-refractivity contribution in [2.45, 2.75) is 46.3 Å². The van der Waals surface area contributed by atoms with Gasteiger partial charge in [-0.15, -0.1) is 24.0 Å². The van der Waals surface area contributed by atoms with Crippen molar-refractivity contribution in [2.75, 3.05) is 26.7 Å². The summed E-state index contributed by atoms with van der Waals surface area (Å²) in [5.41, 5.74) is 0.667. The Hall–Kier alpha value is -1.71. The molecule has 3 N–H and O–H groups in total. The predicted octanol–water partition coefficient (Wildman–Crippen LogP) is 3.07. The maximum Gasteiger partial charge on any atom is 0.407 e. The Morgan fingerprint density at radius 1 is 1.19 bits per heavy atom. The molecule has 1 aromatic carbocycles. The normalized spacial score (nSPS) is 12.4.